The minimum atomic E-state index is 0.589. The average Bonchev–Trinajstić information content (AvgIpc) is 2.39. The lowest BCUT2D eigenvalue weighted by Gasteiger charge is -2.08. The van der Waals surface area contributed by atoms with Crippen molar-refractivity contribution in [1.82, 2.24) is 0 Å². The lowest BCUT2D eigenvalue weighted by atomic mass is 10.3. The zero-order valence-electron chi connectivity index (χ0n) is 9.90. The Balaban J connectivity index is 1.73. The zero-order valence-corrected chi connectivity index (χ0v) is 10.7. The highest BCUT2D eigenvalue weighted by Gasteiger charge is 1.94. The van der Waals surface area contributed by atoms with Crippen LogP contribution in [0.5, 0.6) is 5.75 Å². The fraction of sp³-hybridized carbons (Fsp3) is 0.143. The van der Waals surface area contributed by atoms with Crippen LogP contribution in [-0.4, -0.2) is 13.2 Å². The van der Waals surface area contributed by atoms with Crippen LogP contribution < -0.4 is 15.8 Å². The zero-order chi connectivity index (χ0) is 12.8. The van der Waals surface area contributed by atoms with Crippen LogP contribution in [0.3, 0.4) is 0 Å². The van der Waals surface area contributed by atoms with Crippen molar-refractivity contribution in [3.63, 3.8) is 0 Å². The van der Waals surface area contributed by atoms with Crippen LogP contribution >= 0.6 is 11.6 Å². The molecule has 0 saturated heterocycles. The van der Waals surface area contributed by atoms with Crippen molar-refractivity contribution in [3.8, 4) is 5.75 Å². The van der Waals surface area contributed by atoms with Gasteiger partial charge in [0, 0.05) is 22.9 Å². The van der Waals surface area contributed by atoms with Gasteiger partial charge in [-0.15, -0.1) is 0 Å². The quantitative estimate of drug-likeness (QED) is 0.641. The van der Waals surface area contributed by atoms with Crippen LogP contribution in [0.1, 0.15) is 0 Å². The van der Waals surface area contributed by atoms with Crippen molar-refractivity contribution in [1.29, 1.82) is 0 Å². The van der Waals surface area contributed by atoms with Gasteiger partial charge in [0.1, 0.15) is 12.4 Å². The standard InChI is InChI=1S/C14H15ClN2O/c15-11-1-7-14(8-2-11)18-10-9-17-13-5-3-12(16)4-6-13/h1-8,17H,9-10,16H2. The number of halogens is 1. The second-order valence-corrected chi connectivity index (χ2v) is 4.29. The molecule has 0 atom stereocenters. The lowest BCUT2D eigenvalue weighted by Crippen LogP contribution is -2.11. The van der Waals surface area contributed by atoms with Crippen molar-refractivity contribution >= 4 is 23.0 Å². The van der Waals surface area contributed by atoms with E-state index >= 15 is 0 Å². The first kappa shape index (κ1) is 12.6. The van der Waals surface area contributed by atoms with Crippen molar-refractivity contribution in [2.24, 2.45) is 0 Å². The molecule has 0 aliphatic heterocycles. The predicted octanol–water partition coefficient (Wildman–Crippen LogP) is 3.41. The summed E-state index contributed by atoms with van der Waals surface area (Å²) in [5.41, 5.74) is 7.40. The number of nitrogen functional groups attached to an aromatic ring is 1. The fourth-order valence-corrected chi connectivity index (χ4v) is 1.62. The average molecular weight is 263 g/mol. The molecule has 0 heterocycles. The molecule has 0 amide bonds. The topological polar surface area (TPSA) is 47.3 Å². The summed E-state index contributed by atoms with van der Waals surface area (Å²) in [6.45, 7) is 1.32. The van der Waals surface area contributed by atoms with Gasteiger partial charge in [-0.05, 0) is 48.5 Å². The van der Waals surface area contributed by atoms with E-state index in [2.05, 4.69) is 5.32 Å². The molecule has 2 aromatic carbocycles. The maximum absolute atomic E-state index is 5.79. The number of ether oxygens (including phenoxy) is 1. The molecule has 4 heteroatoms. The first-order valence-electron chi connectivity index (χ1n) is 5.72. The van der Waals surface area contributed by atoms with Crippen LogP contribution in [0, 0.1) is 0 Å². The third kappa shape index (κ3) is 3.86. The van der Waals surface area contributed by atoms with Gasteiger partial charge in [0.05, 0.1) is 0 Å². The molecule has 2 rings (SSSR count). The van der Waals surface area contributed by atoms with Gasteiger partial charge in [-0.2, -0.15) is 0 Å². The van der Waals surface area contributed by atoms with Crippen LogP contribution in [0.15, 0.2) is 48.5 Å². The summed E-state index contributed by atoms with van der Waals surface area (Å²) in [5.74, 6) is 0.818. The molecule has 0 aliphatic carbocycles. The smallest absolute Gasteiger partial charge is 0.119 e. The number of hydrogen-bond donors (Lipinski definition) is 2. The number of nitrogens with two attached hydrogens (primary N) is 1. The summed E-state index contributed by atoms with van der Waals surface area (Å²) in [4.78, 5) is 0. The highest BCUT2D eigenvalue weighted by Crippen LogP contribution is 2.15. The van der Waals surface area contributed by atoms with Gasteiger partial charge in [0.15, 0.2) is 0 Å². The molecule has 0 saturated carbocycles. The predicted molar refractivity (Wildman–Crippen MR) is 76.3 cm³/mol. The van der Waals surface area contributed by atoms with Gasteiger partial charge in [0.2, 0.25) is 0 Å². The maximum Gasteiger partial charge on any atom is 0.119 e. The minimum Gasteiger partial charge on any atom is -0.492 e. The monoisotopic (exact) mass is 262 g/mol. The molecule has 3 N–H and O–H groups in total. The Hall–Kier alpha value is -1.87. The molecule has 0 fully saturated rings. The van der Waals surface area contributed by atoms with Crippen molar-refractivity contribution < 1.29 is 4.74 Å². The van der Waals surface area contributed by atoms with E-state index in [4.69, 9.17) is 22.1 Å². The van der Waals surface area contributed by atoms with Crippen LogP contribution in [0.25, 0.3) is 0 Å². The fourth-order valence-electron chi connectivity index (χ4n) is 1.50. The number of anilines is 2. The van der Waals surface area contributed by atoms with Gasteiger partial charge in [-0.25, -0.2) is 0 Å². The molecule has 18 heavy (non-hydrogen) atoms. The molecule has 3 nitrogen and oxygen atoms in total. The molecular formula is C14H15ClN2O. The SMILES string of the molecule is Nc1ccc(NCCOc2ccc(Cl)cc2)cc1. The number of nitrogens with one attached hydrogen (secondary N) is 1. The highest BCUT2D eigenvalue weighted by atomic mass is 35.5. The van der Waals surface area contributed by atoms with Gasteiger partial charge in [0.25, 0.3) is 0 Å². The lowest BCUT2D eigenvalue weighted by molar-refractivity contribution is 0.333. The molecule has 0 aliphatic rings. The van der Waals surface area contributed by atoms with E-state index in [1.807, 2.05) is 48.5 Å². The first-order valence-corrected chi connectivity index (χ1v) is 6.09. The second-order valence-electron chi connectivity index (χ2n) is 3.85. The van der Waals surface area contributed by atoms with Crippen LogP contribution in [-0.2, 0) is 0 Å². The Morgan fingerprint density at radius 2 is 1.67 bits per heavy atom. The van der Waals surface area contributed by atoms with E-state index < -0.39 is 0 Å². The second kappa shape index (κ2) is 6.17. The van der Waals surface area contributed by atoms with Crippen LogP contribution in [0.2, 0.25) is 5.02 Å². The Kier molecular flexibility index (Phi) is 4.31. The summed E-state index contributed by atoms with van der Waals surface area (Å²) in [6.07, 6.45) is 0. The minimum absolute atomic E-state index is 0.589. The largest absolute Gasteiger partial charge is 0.492 e. The van der Waals surface area contributed by atoms with Gasteiger partial charge < -0.3 is 15.8 Å². The van der Waals surface area contributed by atoms with Gasteiger partial charge in [-0.3, -0.25) is 0 Å². The normalized spacial score (nSPS) is 10.1. The van der Waals surface area contributed by atoms with E-state index in [1.54, 1.807) is 0 Å². The van der Waals surface area contributed by atoms with Crippen molar-refractivity contribution in [3.05, 3.63) is 53.6 Å². The highest BCUT2D eigenvalue weighted by molar-refractivity contribution is 6.30. The molecule has 2 aromatic rings. The molecule has 0 unspecified atom stereocenters. The van der Waals surface area contributed by atoms with E-state index in [0.29, 0.717) is 11.6 Å². The molecule has 94 valence electrons. The molecule has 0 spiro atoms. The summed E-state index contributed by atoms with van der Waals surface area (Å²) in [7, 11) is 0. The van der Waals surface area contributed by atoms with Gasteiger partial charge in [-0.1, -0.05) is 11.6 Å². The molecule has 0 bridgehead atoms. The Morgan fingerprint density at radius 1 is 1.00 bits per heavy atom. The summed E-state index contributed by atoms with van der Waals surface area (Å²) < 4.78 is 5.56. The Bertz CT molecular complexity index is 435. The Labute approximate surface area is 112 Å². The van der Waals surface area contributed by atoms with Crippen molar-refractivity contribution in [2.45, 2.75) is 0 Å². The van der Waals surface area contributed by atoms with Crippen LogP contribution in [0.4, 0.5) is 11.4 Å². The Morgan fingerprint density at radius 3 is 2.33 bits per heavy atom. The number of hydrogen-bond acceptors (Lipinski definition) is 3. The number of rotatable bonds is 5. The molecule has 0 radical (unpaired) electrons. The summed E-state index contributed by atoms with van der Waals surface area (Å²) >= 11 is 5.79. The van der Waals surface area contributed by atoms with E-state index in [0.717, 1.165) is 23.7 Å². The van der Waals surface area contributed by atoms with Crippen molar-refractivity contribution in [2.75, 3.05) is 24.2 Å². The summed E-state index contributed by atoms with van der Waals surface area (Å²) in [5, 5.41) is 3.96. The molecular weight excluding hydrogens is 248 g/mol. The van der Waals surface area contributed by atoms with E-state index in [-0.39, 0.29) is 0 Å². The summed E-state index contributed by atoms with van der Waals surface area (Å²) in [6, 6.07) is 14.9. The molecule has 0 aromatic heterocycles. The third-order valence-corrected chi connectivity index (χ3v) is 2.68. The van der Waals surface area contributed by atoms with E-state index in [1.165, 1.54) is 0 Å². The number of benzene rings is 2. The maximum atomic E-state index is 5.79. The first-order chi connectivity index (χ1) is 8.74. The third-order valence-electron chi connectivity index (χ3n) is 2.42. The van der Waals surface area contributed by atoms with Gasteiger partial charge >= 0.3 is 0 Å². The van der Waals surface area contributed by atoms with E-state index in [9.17, 15) is 0 Å².